The molecule has 0 atom stereocenters. The molecule has 0 unspecified atom stereocenters. The lowest BCUT2D eigenvalue weighted by Crippen LogP contribution is -2.49. The van der Waals surface area contributed by atoms with Gasteiger partial charge in [0.1, 0.15) is 5.75 Å². The topological polar surface area (TPSA) is 61.6 Å². The van der Waals surface area contributed by atoms with Crippen LogP contribution >= 0.6 is 11.8 Å². The maximum absolute atomic E-state index is 12.8. The number of anilines is 1. The van der Waals surface area contributed by atoms with Gasteiger partial charge >= 0.3 is 0 Å². The summed E-state index contributed by atoms with van der Waals surface area (Å²) in [4.78, 5) is 21.3. The van der Waals surface area contributed by atoms with Crippen LogP contribution in [0.4, 0.5) is 5.69 Å². The number of amides is 1. The Bertz CT molecular complexity index is 1040. The Hall–Kier alpha value is -2.93. The first-order chi connectivity index (χ1) is 14.5. The standard InChI is InChI=1S/C23H26N4O2S/c1-17-5-3-8-21(18(17)2)27-10-9-24-23(27)30-16-22(29)26-13-11-25(12-14-26)19-6-4-7-20(28)15-19/h3-10,15,28H,11-14,16H2,1-2H3. The highest BCUT2D eigenvalue weighted by Crippen LogP contribution is 2.25. The Morgan fingerprint density at radius 3 is 2.63 bits per heavy atom. The van der Waals surface area contributed by atoms with Crippen LogP contribution in [0, 0.1) is 13.8 Å². The predicted octanol–water partition coefficient (Wildman–Crippen LogP) is 3.64. The molecule has 1 saturated heterocycles. The van der Waals surface area contributed by atoms with Crippen molar-refractivity contribution in [2.24, 2.45) is 0 Å². The van der Waals surface area contributed by atoms with Gasteiger partial charge in [-0.2, -0.15) is 0 Å². The number of aromatic nitrogens is 2. The van der Waals surface area contributed by atoms with E-state index in [4.69, 9.17) is 0 Å². The number of rotatable bonds is 5. The number of thioether (sulfide) groups is 1. The van der Waals surface area contributed by atoms with E-state index in [9.17, 15) is 9.90 Å². The van der Waals surface area contributed by atoms with Crippen molar-refractivity contribution >= 4 is 23.4 Å². The van der Waals surface area contributed by atoms with Gasteiger partial charge in [0.05, 0.1) is 11.4 Å². The summed E-state index contributed by atoms with van der Waals surface area (Å²) in [6, 6.07) is 13.5. The SMILES string of the molecule is Cc1cccc(-n2ccnc2SCC(=O)N2CCN(c3cccc(O)c3)CC2)c1C. The van der Waals surface area contributed by atoms with Crippen molar-refractivity contribution in [3.8, 4) is 11.4 Å². The van der Waals surface area contributed by atoms with Crippen molar-refractivity contribution in [3.05, 3.63) is 66.0 Å². The molecule has 30 heavy (non-hydrogen) atoms. The molecule has 0 aliphatic carbocycles. The Morgan fingerprint density at radius 2 is 1.87 bits per heavy atom. The van der Waals surface area contributed by atoms with Crippen LogP contribution in [0.25, 0.3) is 5.69 Å². The molecule has 3 aromatic rings. The van der Waals surface area contributed by atoms with Crippen LogP contribution in [-0.4, -0.2) is 57.4 Å². The Labute approximate surface area is 181 Å². The van der Waals surface area contributed by atoms with Gasteiger partial charge in [-0.1, -0.05) is 30.0 Å². The number of phenols is 1. The molecule has 1 aliphatic heterocycles. The molecule has 1 N–H and O–H groups in total. The van der Waals surface area contributed by atoms with Gasteiger partial charge in [0.25, 0.3) is 0 Å². The van der Waals surface area contributed by atoms with Gasteiger partial charge in [-0.15, -0.1) is 0 Å². The Morgan fingerprint density at radius 1 is 1.10 bits per heavy atom. The van der Waals surface area contributed by atoms with Crippen molar-refractivity contribution in [1.82, 2.24) is 14.5 Å². The van der Waals surface area contributed by atoms with E-state index in [0.29, 0.717) is 18.8 Å². The highest BCUT2D eigenvalue weighted by atomic mass is 32.2. The minimum absolute atomic E-state index is 0.131. The van der Waals surface area contributed by atoms with Crippen molar-refractivity contribution in [2.45, 2.75) is 19.0 Å². The average molecular weight is 423 g/mol. The third kappa shape index (κ3) is 4.31. The first-order valence-corrected chi connectivity index (χ1v) is 11.1. The summed E-state index contributed by atoms with van der Waals surface area (Å²) in [5, 5.41) is 10.5. The summed E-state index contributed by atoms with van der Waals surface area (Å²) < 4.78 is 2.06. The van der Waals surface area contributed by atoms with E-state index in [1.165, 1.54) is 22.9 Å². The molecule has 2 heterocycles. The summed E-state index contributed by atoms with van der Waals surface area (Å²) in [5.74, 6) is 0.765. The van der Waals surface area contributed by atoms with Crippen molar-refractivity contribution in [3.63, 3.8) is 0 Å². The summed E-state index contributed by atoms with van der Waals surface area (Å²) in [5.41, 5.74) is 4.54. The van der Waals surface area contributed by atoms with Crippen LogP contribution in [0.1, 0.15) is 11.1 Å². The van der Waals surface area contributed by atoms with Gasteiger partial charge in [0.15, 0.2) is 5.16 Å². The van der Waals surface area contributed by atoms with Crippen LogP contribution < -0.4 is 4.90 Å². The van der Waals surface area contributed by atoms with Crippen LogP contribution in [0.5, 0.6) is 5.75 Å². The summed E-state index contributed by atoms with van der Waals surface area (Å²) in [6.45, 7) is 7.09. The van der Waals surface area contributed by atoms with E-state index in [0.717, 1.165) is 29.6 Å². The summed E-state index contributed by atoms with van der Waals surface area (Å²) in [7, 11) is 0. The van der Waals surface area contributed by atoms with Crippen molar-refractivity contribution in [1.29, 1.82) is 0 Å². The molecule has 1 amide bonds. The second kappa shape index (κ2) is 8.83. The van der Waals surface area contributed by atoms with E-state index in [2.05, 4.69) is 40.4 Å². The van der Waals surface area contributed by atoms with Crippen LogP contribution in [0.2, 0.25) is 0 Å². The fraction of sp³-hybridized carbons (Fsp3) is 0.304. The highest BCUT2D eigenvalue weighted by molar-refractivity contribution is 7.99. The van der Waals surface area contributed by atoms with E-state index in [1.54, 1.807) is 18.3 Å². The van der Waals surface area contributed by atoms with Crippen molar-refractivity contribution in [2.75, 3.05) is 36.8 Å². The molecule has 0 saturated carbocycles. The molecule has 1 fully saturated rings. The minimum atomic E-state index is 0.131. The zero-order valence-electron chi connectivity index (χ0n) is 17.3. The molecule has 156 valence electrons. The van der Waals surface area contributed by atoms with E-state index in [1.807, 2.05) is 29.3 Å². The van der Waals surface area contributed by atoms with Gasteiger partial charge in [-0.25, -0.2) is 4.98 Å². The number of nitrogens with zero attached hydrogens (tertiary/aromatic N) is 4. The van der Waals surface area contributed by atoms with Crippen molar-refractivity contribution < 1.29 is 9.90 Å². The number of hydrogen-bond donors (Lipinski definition) is 1. The monoisotopic (exact) mass is 422 g/mol. The third-order valence-corrected chi connectivity index (χ3v) is 6.55. The molecular weight excluding hydrogens is 396 g/mol. The number of imidazole rings is 1. The lowest BCUT2D eigenvalue weighted by molar-refractivity contribution is -0.128. The predicted molar refractivity (Wildman–Crippen MR) is 121 cm³/mol. The first-order valence-electron chi connectivity index (χ1n) is 10.1. The number of benzene rings is 2. The highest BCUT2D eigenvalue weighted by Gasteiger charge is 2.22. The normalized spacial score (nSPS) is 14.2. The molecule has 0 spiro atoms. The Balaban J connectivity index is 1.35. The van der Waals surface area contributed by atoms with E-state index < -0.39 is 0 Å². The molecule has 4 rings (SSSR count). The molecule has 0 radical (unpaired) electrons. The third-order valence-electron chi connectivity index (χ3n) is 5.59. The van der Waals surface area contributed by atoms with Gasteiger partial charge in [-0.05, 0) is 43.2 Å². The van der Waals surface area contributed by atoms with Crippen LogP contribution in [0.15, 0.2) is 60.0 Å². The lowest BCUT2D eigenvalue weighted by Gasteiger charge is -2.36. The second-order valence-electron chi connectivity index (χ2n) is 7.48. The number of piperazine rings is 1. The molecule has 7 heteroatoms. The number of carbonyl (C=O) groups is 1. The number of hydrogen-bond acceptors (Lipinski definition) is 5. The quantitative estimate of drug-likeness (QED) is 0.636. The Kier molecular flexibility index (Phi) is 5.99. The minimum Gasteiger partial charge on any atom is -0.508 e. The largest absolute Gasteiger partial charge is 0.508 e. The van der Waals surface area contributed by atoms with Crippen LogP contribution in [0.3, 0.4) is 0 Å². The van der Waals surface area contributed by atoms with E-state index in [-0.39, 0.29) is 11.7 Å². The molecule has 1 aliphatic rings. The number of aromatic hydroxyl groups is 1. The zero-order chi connectivity index (χ0) is 21.1. The smallest absolute Gasteiger partial charge is 0.233 e. The summed E-state index contributed by atoms with van der Waals surface area (Å²) in [6.07, 6.45) is 3.73. The first kappa shape index (κ1) is 20.3. The van der Waals surface area contributed by atoms with Gasteiger partial charge in [0, 0.05) is 50.3 Å². The lowest BCUT2D eigenvalue weighted by atomic mass is 10.1. The fourth-order valence-electron chi connectivity index (χ4n) is 3.70. The number of carbonyl (C=O) groups excluding carboxylic acids is 1. The number of phenolic OH excluding ortho intramolecular Hbond substituents is 1. The molecular formula is C23H26N4O2S. The molecule has 1 aromatic heterocycles. The maximum atomic E-state index is 12.8. The van der Waals surface area contributed by atoms with E-state index >= 15 is 0 Å². The molecule has 6 nitrogen and oxygen atoms in total. The zero-order valence-corrected chi connectivity index (χ0v) is 18.1. The fourth-order valence-corrected chi connectivity index (χ4v) is 4.57. The summed E-state index contributed by atoms with van der Waals surface area (Å²) >= 11 is 1.48. The van der Waals surface area contributed by atoms with Gasteiger partial charge in [-0.3, -0.25) is 9.36 Å². The van der Waals surface area contributed by atoms with Gasteiger partial charge < -0.3 is 14.9 Å². The average Bonchev–Trinajstić information content (AvgIpc) is 3.22. The second-order valence-corrected chi connectivity index (χ2v) is 8.42. The van der Waals surface area contributed by atoms with Gasteiger partial charge in [0.2, 0.25) is 5.91 Å². The molecule has 2 aromatic carbocycles. The van der Waals surface area contributed by atoms with Crippen LogP contribution in [-0.2, 0) is 4.79 Å². The molecule has 0 bridgehead atoms. The number of aryl methyl sites for hydroxylation is 1. The maximum Gasteiger partial charge on any atom is 0.233 e.